The Morgan fingerprint density at radius 1 is 1.16 bits per heavy atom. The van der Waals surface area contributed by atoms with E-state index in [4.69, 9.17) is 0 Å². The Kier molecular flexibility index (Phi) is 3.46. The molecule has 2 nitrogen and oxygen atoms in total. The van der Waals surface area contributed by atoms with Gasteiger partial charge >= 0.3 is 0 Å². The van der Waals surface area contributed by atoms with Gasteiger partial charge in [-0.15, -0.1) is 0 Å². The molecule has 2 aliphatic rings. The molecule has 0 aliphatic heterocycles. The van der Waals surface area contributed by atoms with Gasteiger partial charge < -0.3 is 10.4 Å². The number of rotatable bonds is 5. The van der Waals surface area contributed by atoms with Crippen LogP contribution < -0.4 is 5.32 Å². The Morgan fingerprint density at radius 3 is 2.37 bits per heavy atom. The van der Waals surface area contributed by atoms with Gasteiger partial charge in [0.1, 0.15) is 0 Å². The van der Waals surface area contributed by atoms with E-state index in [-0.39, 0.29) is 12.1 Å². The van der Waals surface area contributed by atoms with Crippen molar-refractivity contribution >= 4 is 0 Å². The van der Waals surface area contributed by atoms with E-state index in [0.29, 0.717) is 5.92 Å². The maximum Gasteiger partial charge on any atom is 0.0871 e. The smallest absolute Gasteiger partial charge is 0.0871 e. The zero-order valence-electron chi connectivity index (χ0n) is 11.5. The third-order valence-corrected chi connectivity index (χ3v) is 4.51. The van der Waals surface area contributed by atoms with Crippen molar-refractivity contribution in [2.75, 3.05) is 0 Å². The number of aliphatic hydroxyl groups is 1. The molecule has 1 aromatic carbocycles. The van der Waals surface area contributed by atoms with E-state index in [0.717, 1.165) is 12.8 Å². The fourth-order valence-electron chi connectivity index (χ4n) is 3.18. The molecule has 1 fully saturated rings. The lowest BCUT2D eigenvalue weighted by Gasteiger charge is -2.36. The summed E-state index contributed by atoms with van der Waals surface area (Å²) in [6, 6.07) is 11.0. The predicted molar refractivity (Wildman–Crippen MR) is 77.8 cm³/mol. The molecule has 3 rings (SSSR count). The highest BCUT2D eigenvalue weighted by Gasteiger charge is 2.46. The van der Waals surface area contributed by atoms with Crippen LogP contribution in [0.2, 0.25) is 0 Å². The molecule has 0 heterocycles. The minimum absolute atomic E-state index is 0.220. The molecule has 2 N–H and O–H groups in total. The van der Waals surface area contributed by atoms with Gasteiger partial charge in [-0.1, -0.05) is 42.5 Å². The molecule has 102 valence electrons. The summed E-state index contributed by atoms with van der Waals surface area (Å²) in [4.78, 5) is 0. The van der Waals surface area contributed by atoms with Crippen LogP contribution in [-0.4, -0.2) is 16.7 Å². The highest BCUT2D eigenvalue weighted by atomic mass is 16.3. The average molecular weight is 257 g/mol. The van der Waals surface area contributed by atoms with Crippen molar-refractivity contribution in [2.45, 2.75) is 50.3 Å². The largest absolute Gasteiger partial charge is 0.388 e. The van der Waals surface area contributed by atoms with Crippen molar-refractivity contribution in [3.05, 3.63) is 48.0 Å². The highest BCUT2D eigenvalue weighted by molar-refractivity contribution is 5.20. The zero-order chi connectivity index (χ0) is 13.3. The molecular weight excluding hydrogens is 234 g/mol. The van der Waals surface area contributed by atoms with Gasteiger partial charge in [-0.2, -0.15) is 0 Å². The van der Waals surface area contributed by atoms with E-state index < -0.39 is 5.60 Å². The fraction of sp³-hybridized carbons (Fsp3) is 0.529. The van der Waals surface area contributed by atoms with Crippen molar-refractivity contribution in [2.24, 2.45) is 5.92 Å². The summed E-state index contributed by atoms with van der Waals surface area (Å²) in [7, 11) is 0. The number of nitrogens with one attached hydrogen (secondary N) is 1. The first-order valence-electron chi connectivity index (χ1n) is 7.37. The summed E-state index contributed by atoms with van der Waals surface area (Å²) >= 11 is 0. The van der Waals surface area contributed by atoms with Crippen LogP contribution in [0.15, 0.2) is 42.5 Å². The van der Waals surface area contributed by atoms with E-state index in [2.05, 4.69) is 48.7 Å². The number of benzene rings is 1. The molecule has 0 bridgehead atoms. The van der Waals surface area contributed by atoms with Gasteiger partial charge in [0.25, 0.3) is 0 Å². The SMILES string of the molecule is C[C@@H](NC(C1CC1)C1(O)CC=CC1)c1ccccc1. The van der Waals surface area contributed by atoms with Gasteiger partial charge in [-0.3, -0.25) is 0 Å². The van der Waals surface area contributed by atoms with Crippen LogP contribution in [0.1, 0.15) is 44.2 Å². The molecule has 19 heavy (non-hydrogen) atoms. The summed E-state index contributed by atoms with van der Waals surface area (Å²) < 4.78 is 0. The maximum absolute atomic E-state index is 10.8. The van der Waals surface area contributed by atoms with Gasteiger partial charge in [0.2, 0.25) is 0 Å². The molecule has 0 amide bonds. The third-order valence-electron chi connectivity index (χ3n) is 4.51. The molecular formula is C17H23NO. The summed E-state index contributed by atoms with van der Waals surface area (Å²) in [5.41, 5.74) is 0.729. The van der Waals surface area contributed by atoms with Crippen LogP contribution in [0.25, 0.3) is 0 Å². The summed E-state index contributed by atoms with van der Waals surface area (Å²) in [5, 5.41) is 14.5. The monoisotopic (exact) mass is 257 g/mol. The van der Waals surface area contributed by atoms with E-state index >= 15 is 0 Å². The van der Waals surface area contributed by atoms with Crippen LogP contribution in [0.3, 0.4) is 0 Å². The number of hydrogen-bond donors (Lipinski definition) is 2. The van der Waals surface area contributed by atoms with Crippen molar-refractivity contribution in [3.8, 4) is 0 Å². The summed E-state index contributed by atoms with van der Waals surface area (Å²) in [6.07, 6.45) is 8.32. The van der Waals surface area contributed by atoms with Crippen LogP contribution >= 0.6 is 0 Å². The van der Waals surface area contributed by atoms with Gasteiger partial charge in [-0.25, -0.2) is 0 Å². The first-order chi connectivity index (χ1) is 9.19. The Morgan fingerprint density at radius 2 is 1.79 bits per heavy atom. The van der Waals surface area contributed by atoms with Gasteiger partial charge in [-0.05, 0) is 44.1 Å². The molecule has 1 saturated carbocycles. The second-order valence-corrected chi connectivity index (χ2v) is 6.10. The van der Waals surface area contributed by atoms with Crippen LogP contribution in [0, 0.1) is 5.92 Å². The normalized spacial score (nSPS) is 24.3. The van der Waals surface area contributed by atoms with Crippen LogP contribution in [-0.2, 0) is 0 Å². The zero-order valence-corrected chi connectivity index (χ0v) is 11.5. The molecule has 0 radical (unpaired) electrons. The third kappa shape index (κ3) is 2.75. The average Bonchev–Trinajstić information content (AvgIpc) is 3.18. The standard InChI is InChI=1S/C17H23NO/c1-13(14-7-3-2-4-8-14)18-16(15-9-10-15)17(19)11-5-6-12-17/h2-8,13,15-16,18-19H,9-12H2,1H3/t13-,16?/m1/s1. The molecule has 2 atom stereocenters. The van der Waals surface area contributed by atoms with E-state index in [1.54, 1.807) is 0 Å². The van der Waals surface area contributed by atoms with Crippen molar-refractivity contribution < 1.29 is 5.11 Å². The first-order valence-corrected chi connectivity index (χ1v) is 7.37. The van der Waals surface area contributed by atoms with E-state index in [1.165, 1.54) is 18.4 Å². The Hall–Kier alpha value is -1.12. The second kappa shape index (κ2) is 5.10. The minimum Gasteiger partial charge on any atom is -0.388 e. The van der Waals surface area contributed by atoms with Crippen molar-refractivity contribution in [3.63, 3.8) is 0 Å². The molecule has 2 heteroatoms. The van der Waals surface area contributed by atoms with E-state index in [1.807, 2.05) is 6.07 Å². The quantitative estimate of drug-likeness (QED) is 0.794. The Balaban J connectivity index is 1.72. The molecule has 0 spiro atoms. The molecule has 1 unspecified atom stereocenters. The van der Waals surface area contributed by atoms with Crippen LogP contribution in [0.4, 0.5) is 0 Å². The minimum atomic E-state index is -0.565. The van der Waals surface area contributed by atoms with Crippen molar-refractivity contribution in [1.29, 1.82) is 0 Å². The van der Waals surface area contributed by atoms with Crippen molar-refractivity contribution in [1.82, 2.24) is 5.32 Å². The molecule has 0 aromatic heterocycles. The van der Waals surface area contributed by atoms with Gasteiger partial charge in [0.05, 0.1) is 5.60 Å². The Bertz CT molecular complexity index is 442. The second-order valence-electron chi connectivity index (χ2n) is 6.10. The molecule has 0 saturated heterocycles. The molecule has 2 aliphatic carbocycles. The lowest BCUT2D eigenvalue weighted by atomic mass is 9.87. The van der Waals surface area contributed by atoms with Gasteiger partial charge in [0, 0.05) is 12.1 Å². The van der Waals surface area contributed by atoms with Crippen LogP contribution in [0.5, 0.6) is 0 Å². The maximum atomic E-state index is 10.8. The van der Waals surface area contributed by atoms with Gasteiger partial charge in [0.15, 0.2) is 0 Å². The fourth-order valence-corrected chi connectivity index (χ4v) is 3.18. The summed E-state index contributed by atoms with van der Waals surface area (Å²) in [6.45, 7) is 2.19. The highest BCUT2D eigenvalue weighted by Crippen LogP contribution is 2.42. The summed E-state index contributed by atoms with van der Waals surface area (Å²) in [5.74, 6) is 0.649. The topological polar surface area (TPSA) is 32.3 Å². The van der Waals surface area contributed by atoms with E-state index in [9.17, 15) is 5.11 Å². The predicted octanol–water partition coefficient (Wildman–Crippen LogP) is 3.20. The Labute approximate surface area is 115 Å². The lowest BCUT2D eigenvalue weighted by molar-refractivity contribution is 0.00191. The first kappa shape index (κ1) is 12.9. The molecule has 1 aromatic rings. The lowest BCUT2D eigenvalue weighted by Crippen LogP contribution is -2.51. The number of hydrogen-bond acceptors (Lipinski definition) is 2.